The molecule has 38 heavy (non-hydrogen) atoms. The number of hydrogen-bond acceptors (Lipinski definition) is 5. The molecular formula is C31H23N7. The molecule has 0 saturated carbocycles. The number of imidazole rings is 2. The Balaban J connectivity index is 1.42. The SMILES string of the molecule is Cc1nc2c3cccnc3c3cc(-c4ccc5c(c4)c4nccnc4c4nc(C(C)C)[nH]c54)ccc3c2[nH]1. The van der Waals surface area contributed by atoms with E-state index in [0.29, 0.717) is 0 Å². The molecule has 7 nitrogen and oxygen atoms in total. The highest BCUT2D eigenvalue weighted by Crippen LogP contribution is 2.38. The number of rotatable bonds is 2. The average Bonchev–Trinajstić information content (AvgIpc) is 3.58. The van der Waals surface area contributed by atoms with Crippen LogP contribution in [0, 0.1) is 6.92 Å². The van der Waals surface area contributed by atoms with Crippen LogP contribution in [0.3, 0.4) is 0 Å². The number of nitrogens with one attached hydrogen (secondary N) is 2. The van der Waals surface area contributed by atoms with Crippen molar-refractivity contribution in [1.29, 1.82) is 0 Å². The molecule has 4 aromatic heterocycles. The highest BCUT2D eigenvalue weighted by atomic mass is 14.9. The highest BCUT2D eigenvalue weighted by Gasteiger charge is 2.18. The predicted octanol–water partition coefficient (Wildman–Crippen LogP) is 7.34. The zero-order chi connectivity index (χ0) is 25.5. The van der Waals surface area contributed by atoms with Crippen molar-refractivity contribution < 1.29 is 0 Å². The van der Waals surface area contributed by atoms with Crippen LogP contribution in [0.25, 0.3) is 76.7 Å². The van der Waals surface area contributed by atoms with E-state index in [2.05, 4.69) is 71.3 Å². The molecule has 0 saturated heterocycles. The van der Waals surface area contributed by atoms with Crippen molar-refractivity contribution in [2.75, 3.05) is 0 Å². The number of benzene rings is 4. The van der Waals surface area contributed by atoms with Gasteiger partial charge in [0.1, 0.15) is 22.7 Å². The Morgan fingerprint density at radius 2 is 1.24 bits per heavy atom. The molecule has 0 fully saturated rings. The van der Waals surface area contributed by atoms with Gasteiger partial charge in [-0.3, -0.25) is 15.0 Å². The summed E-state index contributed by atoms with van der Waals surface area (Å²) in [4.78, 5) is 30.8. The largest absolute Gasteiger partial charge is 0.342 e. The average molecular weight is 494 g/mol. The number of hydrogen-bond donors (Lipinski definition) is 2. The Hall–Kier alpha value is -4.91. The van der Waals surface area contributed by atoms with E-state index >= 15 is 0 Å². The van der Waals surface area contributed by atoms with E-state index in [9.17, 15) is 0 Å². The first-order valence-corrected chi connectivity index (χ1v) is 12.8. The van der Waals surface area contributed by atoms with Gasteiger partial charge < -0.3 is 9.97 Å². The molecule has 182 valence electrons. The molecule has 0 radical (unpaired) electrons. The summed E-state index contributed by atoms with van der Waals surface area (Å²) in [5.41, 5.74) is 8.76. The van der Waals surface area contributed by atoms with Crippen LogP contribution in [0.5, 0.6) is 0 Å². The van der Waals surface area contributed by atoms with E-state index in [4.69, 9.17) is 19.9 Å². The van der Waals surface area contributed by atoms with Gasteiger partial charge in [0.15, 0.2) is 0 Å². The normalized spacial score (nSPS) is 12.3. The molecule has 0 aliphatic rings. The van der Waals surface area contributed by atoms with Crippen LogP contribution < -0.4 is 0 Å². The van der Waals surface area contributed by atoms with E-state index in [1.54, 1.807) is 12.4 Å². The van der Waals surface area contributed by atoms with Gasteiger partial charge in [-0.25, -0.2) is 9.97 Å². The zero-order valence-electron chi connectivity index (χ0n) is 21.2. The minimum atomic E-state index is 0.287. The molecule has 2 N–H and O–H groups in total. The van der Waals surface area contributed by atoms with Gasteiger partial charge in [0.2, 0.25) is 0 Å². The van der Waals surface area contributed by atoms with Gasteiger partial charge >= 0.3 is 0 Å². The second kappa shape index (κ2) is 7.55. The minimum absolute atomic E-state index is 0.287. The van der Waals surface area contributed by atoms with Gasteiger partial charge in [0.05, 0.1) is 27.6 Å². The number of nitrogens with zero attached hydrogens (tertiary/aromatic N) is 5. The van der Waals surface area contributed by atoms with E-state index < -0.39 is 0 Å². The third-order valence-corrected chi connectivity index (χ3v) is 7.50. The molecule has 4 aromatic carbocycles. The van der Waals surface area contributed by atoms with Crippen molar-refractivity contribution in [3.8, 4) is 11.1 Å². The Labute approximate surface area is 217 Å². The van der Waals surface area contributed by atoms with Crippen LogP contribution in [-0.4, -0.2) is 34.9 Å². The van der Waals surface area contributed by atoms with Crippen molar-refractivity contribution in [3.63, 3.8) is 0 Å². The van der Waals surface area contributed by atoms with Gasteiger partial charge in [-0.1, -0.05) is 38.1 Å². The molecule has 0 bridgehead atoms. The standard InChI is InChI=1S/C31H23N7/c1-15(2)31-37-27-20-9-7-18(14-23(20)25-29(30(27)38-31)34-12-11-33-25)17-6-8-19-22(13-17)24-21(5-4-10-32-24)28-26(19)35-16(3)36-28/h4-15H,1-3H3,(H,35,36)(H,37,38). The van der Waals surface area contributed by atoms with Gasteiger partial charge in [-0.15, -0.1) is 0 Å². The lowest BCUT2D eigenvalue weighted by atomic mass is 9.96. The van der Waals surface area contributed by atoms with Crippen molar-refractivity contribution in [2.24, 2.45) is 0 Å². The summed E-state index contributed by atoms with van der Waals surface area (Å²) in [7, 11) is 0. The van der Waals surface area contributed by atoms with Crippen LogP contribution in [0.15, 0.2) is 67.1 Å². The second-order valence-electron chi connectivity index (χ2n) is 10.2. The zero-order valence-corrected chi connectivity index (χ0v) is 21.2. The summed E-state index contributed by atoms with van der Waals surface area (Å²) in [6.45, 7) is 6.27. The third-order valence-electron chi connectivity index (χ3n) is 7.50. The number of H-pyrrole nitrogens is 2. The Morgan fingerprint density at radius 1 is 0.579 bits per heavy atom. The van der Waals surface area contributed by atoms with Gasteiger partial charge in [0, 0.05) is 51.4 Å². The first kappa shape index (κ1) is 21.2. The smallest absolute Gasteiger partial charge is 0.117 e. The molecule has 4 heterocycles. The van der Waals surface area contributed by atoms with Gasteiger partial charge in [0.25, 0.3) is 0 Å². The first-order valence-electron chi connectivity index (χ1n) is 12.8. The first-order chi connectivity index (χ1) is 18.6. The second-order valence-corrected chi connectivity index (χ2v) is 10.2. The van der Waals surface area contributed by atoms with Crippen LogP contribution >= 0.6 is 0 Å². The third kappa shape index (κ3) is 2.87. The molecule has 7 heteroatoms. The molecule has 0 aliphatic heterocycles. The lowest BCUT2D eigenvalue weighted by molar-refractivity contribution is 0.799. The Kier molecular flexibility index (Phi) is 4.21. The summed E-state index contributed by atoms with van der Waals surface area (Å²) in [5.74, 6) is 2.14. The topological polar surface area (TPSA) is 96.0 Å². The van der Waals surface area contributed by atoms with Gasteiger partial charge in [-0.05, 0) is 42.3 Å². The van der Waals surface area contributed by atoms with Crippen LogP contribution in [0.2, 0.25) is 0 Å². The van der Waals surface area contributed by atoms with Crippen molar-refractivity contribution in [2.45, 2.75) is 26.7 Å². The molecule has 0 aliphatic carbocycles. The fourth-order valence-electron chi connectivity index (χ4n) is 5.71. The molecule has 8 aromatic rings. The summed E-state index contributed by atoms with van der Waals surface area (Å²) in [6.07, 6.45) is 5.34. The number of aromatic amines is 2. The van der Waals surface area contributed by atoms with E-state index in [1.165, 1.54) is 0 Å². The molecule has 0 unspecified atom stereocenters. The van der Waals surface area contributed by atoms with Crippen molar-refractivity contribution >= 4 is 65.5 Å². The lowest BCUT2D eigenvalue weighted by Gasteiger charge is -2.10. The summed E-state index contributed by atoms with van der Waals surface area (Å²) < 4.78 is 0. The highest BCUT2D eigenvalue weighted by molar-refractivity contribution is 6.23. The molecule has 0 spiro atoms. The maximum Gasteiger partial charge on any atom is 0.117 e. The maximum atomic E-state index is 4.89. The van der Waals surface area contributed by atoms with Crippen LogP contribution in [0.1, 0.15) is 31.4 Å². The van der Waals surface area contributed by atoms with Crippen LogP contribution in [0.4, 0.5) is 0 Å². The molecule has 0 atom stereocenters. The van der Waals surface area contributed by atoms with Crippen molar-refractivity contribution in [1.82, 2.24) is 34.9 Å². The van der Waals surface area contributed by atoms with Gasteiger partial charge in [-0.2, -0.15) is 0 Å². The number of aromatic nitrogens is 7. The fraction of sp³-hybridized carbons (Fsp3) is 0.129. The molecule has 8 rings (SSSR count). The van der Waals surface area contributed by atoms with Crippen LogP contribution in [-0.2, 0) is 0 Å². The number of pyridine rings is 1. The van der Waals surface area contributed by atoms with Crippen molar-refractivity contribution in [3.05, 3.63) is 78.8 Å². The monoisotopic (exact) mass is 493 g/mol. The fourth-order valence-corrected chi connectivity index (χ4v) is 5.71. The molecule has 0 amide bonds. The predicted molar refractivity (Wildman–Crippen MR) is 153 cm³/mol. The quantitative estimate of drug-likeness (QED) is 0.246. The summed E-state index contributed by atoms with van der Waals surface area (Å²) in [5, 5.41) is 5.43. The number of aryl methyl sites for hydroxylation is 1. The lowest BCUT2D eigenvalue weighted by Crippen LogP contribution is -1.89. The number of fused-ring (bicyclic) bond motifs is 12. The summed E-state index contributed by atoms with van der Waals surface area (Å²) in [6, 6.07) is 17.2. The van der Waals surface area contributed by atoms with E-state index in [0.717, 1.165) is 88.3 Å². The minimum Gasteiger partial charge on any atom is -0.342 e. The Morgan fingerprint density at radius 3 is 1.97 bits per heavy atom. The summed E-state index contributed by atoms with van der Waals surface area (Å²) >= 11 is 0. The molecular weight excluding hydrogens is 470 g/mol. The maximum absolute atomic E-state index is 4.89. The van der Waals surface area contributed by atoms with E-state index in [-0.39, 0.29) is 5.92 Å². The van der Waals surface area contributed by atoms with E-state index in [1.807, 2.05) is 19.2 Å². The Bertz CT molecular complexity index is 2240.